The zero-order chi connectivity index (χ0) is 21.7. The van der Waals surface area contributed by atoms with E-state index in [-0.39, 0.29) is 42.2 Å². The molecule has 0 radical (unpaired) electrons. The van der Waals surface area contributed by atoms with E-state index < -0.39 is 0 Å². The van der Waals surface area contributed by atoms with Crippen molar-refractivity contribution >= 4 is 5.97 Å². The van der Waals surface area contributed by atoms with Crippen molar-refractivity contribution in [2.45, 2.75) is 31.6 Å². The molecule has 1 N–H and O–H groups in total. The highest BCUT2D eigenvalue weighted by Crippen LogP contribution is 2.57. The number of fused-ring (bicyclic) bond motifs is 3. The van der Waals surface area contributed by atoms with Gasteiger partial charge in [-0.25, -0.2) is 0 Å². The highest BCUT2D eigenvalue weighted by atomic mass is 16.7. The molecule has 0 saturated carbocycles. The Bertz CT molecular complexity index is 1010. The molecule has 2 heterocycles. The monoisotopic (exact) mass is 426 g/mol. The zero-order valence-electron chi connectivity index (χ0n) is 17.8. The van der Waals surface area contributed by atoms with Crippen molar-refractivity contribution in [2.75, 3.05) is 27.6 Å². The van der Waals surface area contributed by atoms with Gasteiger partial charge in [-0.15, -0.1) is 0 Å². The maximum absolute atomic E-state index is 13.0. The number of ether oxygens (including phenoxy) is 5. The highest BCUT2D eigenvalue weighted by molar-refractivity contribution is 5.79. The molecule has 1 unspecified atom stereocenters. The summed E-state index contributed by atoms with van der Waals surface area (Å²) in [6, 6.07) is 7.62. The maximum atomic E-state index is 13.0. The summed E-state index contributed by atoms with van der Waals surface area (Å²) in [6.07, 6.45) is 1.96. The minimum atomic E-state index is -0.330. The Labute approximate surface area is 180 Å². The van der Waals surface area contributed by atoms with Gasteiger partial charge in [0.1, 0.15) is 0 Å². The number of carbonyl (C=O) groups excluding carboxylic acids is 1. The third-order valence-corrected chi connectivity index (χ3v) is 6.80. The van der Waals surface area contributed by atoms with Crippen LogP contribution >= 0.6 is 0 Å². The van der Waals surface area contributed by atoms with E-state index in [9.17, 15) is 9.90 Å². The number of benzene rings is 2. The number of carbonyl (C=O) groups is 1. The molecular weight excluding hydrogens is 400 g/mol. The molecule has 0 amide bonds. The van der Waals surface area contributed by atoms with Crippen LogP contribution in [0.1, 0.15) is 48.3 Å². The third kappa shape index (κ3) is 2.98. The lowest BCUT2D eigenvalue weighted by Gasteiger charge is -2.39. The van der Waals surface area contributed by atoms with Crippen molar-refractivity contribution in [1.82, 2.24) is 0 Å². The van der Waals surface area contributed by atoms with Crippen LogP contribution in [-0.2, 0) is 9.53 Å². The van der Waals surface area contributed by atoms with Crippen LogP contribution in [-0.4, -0.2) is 38.7 Å². The number of aromatic hydroxyl groups is 1. The van der Waals surface area contributed by atoms with Gasteiger partial charge in [0.2, 0.25) is 12.5 Å². The standard InChI is InChI=1S/C24H26O7/c1-4-5-13-14-8-17-18(31-11-30-17)9-15(14)21(22-16(13)10-29-24(22)26)12-6-19(27-2)23(25)20(7-12)28-3/h6-9,13,16,21-22,25H,4-5,10-11H2,1-3H3/t13-,16?,21-,22+/m1/s1. The lowest BCUT2D eigenvalue weighted by molar-refractivity contribution is -0.141. The van der Waals surface area contributed by atoms with E-state index in [0.29, 0.717) is 23.9 Å². The molecule has 0 aromatic heterocycles. The van der Waals surface area contributed by atoms with Crippen molar-refractivity contribution in [3.8, 4) is 28.7 Å². The molecule has 164 valence electrons. The lowest BCUT2D eigenvalue weighted by atomic mass is 9.62. The van der Waals surface area contributed by atoms with Crippen LogP contribution in [0.2, 0.25) is 0 Å². The Balaban J connectivity index is 1.75. The summed E-state index contributed by atoms with van der Waals surface area (Å²) in [7, 11) is 2.99. The fourth-order valence-corrected chi connectivity index (χ4v) is 5.45. The van der Waals surface area contributed by atoms with Gasteiger partial charge < -0.3 is 28.8 Å². The molecule has 1 fully saturated rings. The fourth-order valence-electron chi connectivity index (χ4n) is 5.45. The van der Waals surface area contributed by atoms with Crippen molar-refractivity contribution in [3.05, 3.63) is 41.0 Å². The number of esters is 1. The molecule has 1 aliphatic carbocycles. The van der Waals surface area contributed by atoms with E-state index in [4.69, 9.17) is 23.7 Å². The van der Waals surface area contributed by atoms with Gasteiger partial charge in [-0.05, 0) is 53.3 Å². The molecule has 0 spiro atoms. The average Bonchev–Trinajstić information content (AvgIpc) is 3.39. The van der Waals surface area contributed by atoms with Gasteiger partial charge in [0.15, 0.2) is 23.0 Å². The Kier molecular flexibility index (Phi) is 4.84. The topological polar surface area (TPSA) is 83.5 Å². The molecule has 0 bridgehead atoms. The summed E-state index contributed by atoms with van der Waals surface area (Å²) in [5.74, 6) is 1.43. The van der Waals surface area contributed by atoms with Gasteiger partial charge in [-0.2, -0.15) is 0 Å². The van der Waals surface area contributed by atoms with E-state index in [0.717, 1.165) is 29.7 Å². The molecule has 2 aromatic rings. The molecule has 7 nitrogen and oxygen atoms in total. The zero-order valence-corrected chi connectivity index (χ0v) is 17.8. The number of methoxy groups -OCH3 is 2. The van der Waals surface area contributed by atoms with E-state index >= 15 is 0 Å². The fraction of sp³-hybridized carbons (Fsp3) is 0.458. The van der Waals surface area contributed by atoms with Crippen LogP contribution < -0.4 is 18.9 Å². The van der Waals surface area contributed by atoms with Crippen molar-refractivity contribution in [1.29, 1.82) is 0 Å². The number of hydrogen-bond acceptors (Lipinski definition) is 7. The molecule has 5 rings (SSSR count). The first-order valence-corrected chi connectivity index (χ1v) is 10.6. The lowest BCUT2D eigenvalue weighted by Crippen LogP contribution is -2.34. The Morgan fingerprint density at radius 1 is 1.00 bits per heavy atom. The Hall–Kier alpha value is -3.09. The second kappa shape index (κ2) is 7.55. The predicted molar refractivity (Wildman–Crippen MR) is 111 cm³/mol. The quantitative estimate of drug-likeness (QED) is 0.725. The van der Waals surface area contributed by atoms with Crippen molar-refractivity contribution in [3.63, 3.8) is 0 Å². The van der Waals surface area contributed by atoms with E-state index in [1.54, 1.807) is 12.1 Å². The number of phenols is 1. The van der Waals surface area contributed by atoms with E-state index in [2.05, 4.69) is 13.0 Å². The first-order chi connectivity index (χ1) is 15.1. The number of rotatable bonds is 5. The molecule has 4 atom stereocenters. The van der Waals surface area contributed by atoms with Gasteiger partial charge in [0, 0.05) is 11.8 Å². The summed E-state index contributed by atoms with van der Waals surface area (Å²) in [5.41, 5.74) is 3.02. The van der Waals surface area contributed by atoms with Gasteiger partial charge >= 0.3 is 5.97 Å². The number of cyclic esters (lactones) is 1. The molecule has 2 aromatic carbocycles. The molecule has 3 aliphatic rings. The van der Waals surface area contributed by atoms with Crippen LogP contribution in [0.15, 0.2) is 24.3 Å². The second-order valence-corrected chi connectivity index (χ2v) is 8.30. The summed E-state index contributed by atoms with van der Waals surface area (Å²) >= 11 is 0. The van der Waals surface area contributed by atoms with Crippen LogP contribution in [0.25, 0.3) is 0 Å². The van der Waals surface area contributed by atoms with Crippen LogP contribution in [0.3, 0.4) is 0 Å². The number of hydrogen-bond donors (Lipinski definition) is 1. The van der Waals surface area contributed by atoms with E-state index in [1.165, 1.54) is 19.8 Å². The first-order valence-electron chi connectivity index (χ1n) is 10.6. The summed E-state index contributed by atoms with van der Waals surface area (Å²) in [4.78, 5) is 13.0. The van der Waals surface area contributed by atoms with E-state index in [1.807, 2.05) is 6.07 Å². The van der Waals surface area contributed by atoms with Crippen molar-refractivity contribution < 1.29 is 33.6 Å². The summed E-state index contributed by atoms with van der Waals surface area (Å²) in [5, 5.41) is 10.4. The Morgan fingerprint density at radius 3 is 2.26 bits per heavy atom. The average molecular weight is 426 g/mol. The maximum Gasteiger partial charge on any atom is 0.310 e. The van der Waals surface area contributed by atoms with Gasteiger partial charge in [-0.3, -0.25) is 4.79 Å². The molecule has 7 heteroatoms. The van der Waals surface area contributed by atoms with Crippen molar-refractivity contribution in [2.24, 2.45) is 11.8 Å². The number of phenolic OH excluding ortho intramolecular Hbond substituents is 1. The molecule has 2 aliphatic heterocycles. The second-order valence-electron chi connectivity index (χ2n) is 8.30. The SMILES string of the molecule is CCC[C@@H]1c2cc3c(cc2[C@@H](c2cc(OC)c(O)c(OC)c2)[C@H]2C(=O)OCC12)OCO3. The van der Waals surface area contributed by atoms with Gasteiger partial charge in [0.05, 0.1) is 26.7 Å². The highest BCUT2D eigenvalue weighted by Gasteiger charge is 2.52. The summed E-state index contributed by atoms with van der Waals surface area (Å²) in [6.45, 7) is 2.75. The predicted octanol–water partition coefficient (Wildman–Crippen LogP) is 3.96. The Morgan fingerprint density at radius 2 is 1.65 bits per heavy atom. The van der Waals surface area contributed by atoms with Crippen LogP contribution in [0.4, 0.5) is 0 Å². The smallest absolute Gasteiger partial charge is 0.310 e. The summed E-state index contributed by atoms with van der Waals surface area (Å²) < 4.78 is 27.7. The van der Waals surface area contributed by atoms with Gasteiger partial charge in [0.25, 0.3) is 0 Å². The minimum Gasteiger partial charge on any atom is -0.502 e. The minimum absolute atomic E-state index is 0.0649. The normalized spacial score (nSPS) is 25.6. The van der Waals surface area contributed by atoms with Gasteiger partial charge in [-0.1, -0.05) is 13.3 Å². The third-order valence-electron chi connectivity index (χ3n) is 6.80. The molecular formula is C24H26O7. The first kappa shape index (κ1) is 19.8. The van der Waals surface area contributed by atoms with Crippen LogP contribution in [0.5, 0.6) is 28.7 Å². The van der Waals surface area contributed by atoms with Crippen LogP contribution in [0, 0.1) is 11.8 Å². The molecule has 31 heavy (non-hydrogen) atoms. The largest absolute Gasteiger partial charge is 0.502 e. The molecule has 1 saturated heterocycles.